The number of anilines is 1. The average molecular weight is 486 g/mol. The minimum Gasteiger partial charge on any atom is -0.342 e. The molecule has 2 amide bonds. The van der Waals surface area contributed by atoms with Crippen molar-refractivity contribution in [2.24, 2.45) is 5.92 Å². The molecule has 1 aromatic heterocycles. The number of nitrogens with one attached hydrogen (secondary N) is 2. The lowest BCUT2D eigenvalue weighted by Gasteiger charge is -2.22. The first-order valence-electron chi connectivity index (χ1n) is 10.8. The first-order valence-corrected chi connectivity index (χ1v) is 12.1. The van der Waals surface area contributed by atoms with E-state index >= 15 is 0 Å². The highest BCUT2D eigenvalue weighted by molar-refractivity contribution is 7.99. The summed E-state index contributed by atoms with van der Waals surface area (Å²) in [5.74, 6) is 0.617. The van der Waals surface area contributed by atoms with Crippen molar-refractivity contribution in [1.29, 1.82) is 0 Å². The molecule has 0 spiro atoms. The number of thioether (sulfide) groups is 1. The van der Waals surface area contributed by atoms with Crippen molar-refractivity contribution in [1.82, 2.24) is 20.1 Å². The molecule has 3 rings (SSSR count). The van der Waals surface area contributed by atoms with Gasteiger partial charge < -0.3 is 15.2 Å². The third kappa shape index (κ3) is 6.36. The van der Waals surface area contributed by atoms with Gasteiger partial charge in [-0.1, -0.05) is 61.5 Å². The van der Waals surface area contributed by atoms with Crippen LogP contribution in [-0.2, 0) is 11.3 Å². The molecule has 0 unspecified atom stereocenters. The number of benzene rings is 2. The first kappa shape index (κ1) is 24.8. The van der Waals surface area contributed by atoms with Crippen LogP contribution in [0.5, 0.6) is 0 Å². The van der Waals surface area contributed by atoms with Crippen LogP contribution >= 0.6 is 23.4 Å². The van der Waals surface area contributed by atoms with E-state index in [0.717, 1.165) is 5.56 Å². The smallest absolute Gasteiger partial charge is 0.251 e. The van der Waals surface area contributed by atoms with Crippen LogP contribution in [0.1, 0.15) is 48.6 Å². The molecule has 2 N–H and O–H groups in total. The van der Waals surface area contributed by atoms with Gasteiger partial charge in [0.05, 0.1) is 11.8 Å². The number of hydrogen-bond acceptors (Lipinski definition) is 5. The minimum absolute atomic E-state index is 0.0968. The molecule has 33 heavy (non-hydrogen) atoms. The van der Waals surface area contributed by atoms with E-state index in [0.29, 0.717) is 33.8 Å². The second kappa shape index (κ2) is 11.3. The monoisotopic (exact) mass is 485 g/mol. The molecular weight excluding hydrogens is 458 g/mol. The molecule has 0 aliphatic heterocycles. The Bertz CT molecular complexity index is 1120. The maximum atomic E-state index is 12.7. The van der Waals surface area contributed by atoms with Crippen molar-refractivity contribution in [3.05, 3.63) is 70.5 Å². The number of rotatable bonds is 9. The Morgan fingerprint density at radius 1 is 1.12 bits per heavy atom. The molecule has 0 saturated carbocycles. The Morgan fingerprint density at radius 3 is 2.48 bits per heavy atom. The zero-order chi connectivity index (χ0) is 24.0. The Hall–Kier alpha value is -2.84. The van der Waals surface area contributed by atoms with Gasteiger partial charge in [-0.3, -0.25) is 9.59 Å². The summed E-state index contributed by atoms with van der Waals surface area (Å²) in [5, 5.41) is 15.8. The highest BCUT2D eigenvalue weighted by Gasteiger charge is 2.26. The number of amides is 2. The predicted molar refractivity (Wildman–Crippen MR) is 133 cm³/mol. The topological polar surface area (TPSA) is 88.9 Å². The molecule has 0 fully saturated rings. The van der Waals surface area contributed by atoms with Crippen LogP contribution in [0, 0.1) is 12.8 Å². The second-order valence-corrected chi connectivity index (χ2v) is 9.30. The minimum atomic E-state index is -0.317. The largest absolute Gasteiger partial charge is 0.342 e. The van der Waals surface area contributed by atoms with E-state index in [1.807, 2.05) is 62.6 Å². The fraction of sp³-hybridized carbons (Fsp3) is 0.333. The van der Waals surface area contributed by atoms with Crippen LogP contribution in [-0.4, -0.2) is 32.3 Å². The predicted octanol–water partition coefficient (Wildman–Crippen LogP) is 5.12. The molecule has 3 aromatic rings. The zero-order valence-electron chi connectivity index (χ0n) is 19.1. The van der Waals surface area contributed by atoms with Crippen molar-refractivity contribution in [3.63, 3.8) is 0 Å². The highest BCUT2D eigenvalue weighted by atomic mass is 35.5. The maximum Gasteiger partial charge on any atom is 0.251 e. The number of aryl methyl sites for hydroxylation is 1. The van der Waals surface area contributed by atoms with E-state index < -0.39 is 0 Å². The molecule has 174 valence electrons. The van der Waals surface area contributed by atoms with Crippen LogP contribution in [0.4, 0.5) is 5.69 Å². The molecule has 0 saturated heterocycles. The molecule has 7 nitrogen and oxygen atoms in total. The number of halogens is 1. The lowest BCUT2D eigenvalue weighted by molar-refractivity contribution is -0.113. The number of carbonyl (C=O) groups is 2. The maximum absolute atomic E-state index is 12.7. The lowest BCUT2D eigenvalue weighted by atomic mass is 10.0. The van der Waals surface area contributed by atoms with Crippen molar-refractivity contribution < 1.29 is 9.59 Å². The van der Waals surface area contributed by atoms with Crippen LogP contribution in [0.25, 0.3) is 0 Å². The van der Waals surface area contributed by atoms with Crippen LogP contribution < -0.4 is 10.6 Å². The molecule has 0 bridgehead atoms. The van der Waals surface area contributed by atoms with E-state index in [1.165, 1.54) is 11.8 Å². The molecule has 0 radical (unpaired) electrons. The van der Waals surface area contributed by atoms with Gasteiger partial charge in [0, 0.05) is 22.8 Å². The first-order chi connectivity index (χ1) is 15.8. The van der Waals surface area contributed by atoms with E-state index in [1.54, 1.807) is 18.2 Å². The summed E-state index contributed by atoms with van der Waals surface area (Å²) in [6.45, 7) is 8.56. The van der Waals surface area contributed by atoms with Gasteiger partial charge in [-0.15, -0.1) is 10.2 Å². The number of carbonyl (C=O) groups excluding carboxylic acids is 2. The second-order valence-electron chi connectivity index (χ2n) is 7.95. The summed E-state index contributed by atoms with van der Waals surface area (Å²) in [6, 6.07) is 14.2. The molecular formula is C24H28ClN5O2S. The zero-order valence-corrected chi connectivity index (χ0v) is 20.7. The number of hydrogen-bond donors (Lipinski definition) is 2. The third-order valence-corrected chi connectivity index (χ3v) is 6.49. The van der Waals surface area contributed by atoms with Gasteiger partial charge in [-0.25, -0.2) is 0 Å². The molecule has 1 heterocycles. The summed E-state index contributed by atoms with van der Waals surface area (Å²) in [7, 11) is 0. The van der Waals surface area contributed by atoms with E-state index in [-0.39, 0.29) is 29.5 Å². The molecule has 1 atom stereocenters. The molecule has 0 aliphatic carbocycles. The molecule has 9 heteroatoms. The van der Waals surface area contributed by atoms with Crippen LogP contribution in [0.15, 0.2) is 53.7 Å². The number of nitrogens with zero attached hydrogens (tertiary/aromatic N) is 3. The summed E-state index contributed by atoms with van der Waals surface area (Å²) in [4.78, 5) is 25.2. The van der Waals surface area contributed by atoms with Crippen LogP contribution in [0.3, 0.4) is 0 Å². The SMILES string of the molecule is CCn1c(SCC(=O)Nc2ccc(C)c(Cl)c2)nnc1[C@H](NC(=O)c1ccccc1)C(C)C. The molecule has 2 aromatic carbocycles. The quantitative estimate of drug-likeness (QED) is 0.411. The standard InChI is InChI=1S/C24H28ClN5O2S/c1-5-30-22(21(15(2)3)27-23(32)17-9-7-6-8-10-17)28-29-24(30)33-14-20(31)26-18-12-11-16(4)19(25)13-18/h6-13,15,21H,5,14H2,1-4H3,(H,26,31)(H,27,32)/t21-/m1/s1. The normalized spacial score (nSPS) is 11.9. The lowest BCUT2D eigenvalue weighted by Crippen LogP contribution is -2.33. The van der Waals surface area contributed by atoms with Crippen molar-refractivity contribution in [2.45, 2.75) is 45.4 Å². The summed E-state index contributed by atoms with van der Waals surface area (Å²) in [5.41, 5.74) is 2.19. The summed E-state index contributed by atoms with van der Waals surface area (Å²) >= 11 is 7.44. The van der Waals surface area contributed by atoms with E-state index in [4.69, 9.17) is 11.6 Å². The Morgan fingerprint density at radius 2 is 1.85 bits per heavy atom. The van der Waals surface area contributed by atoms with Gasteiger partial charge in [0.15, 0.2) is 11.0 Å². The Balaban J connectivity index is 1.70. The van der Waals surface area contributed by atoms with E-state index in [9.17, 15) is 9.59 Å². The number of aromatic nitrogens is 3. The van der Waals surface area contributed by atoms with Crippen molar-refractivity contribution >= 4 is 40.9 Å². The summed E-state index contributed by atoms with van der Waals surface area (Å²) < 4.78 is 1.94. The summed E-state index contributed by atoms with van der Waals surface area (Å²) in [6.07, 6.45) is 0. The van der Waals surface area contributed by atoms with Gasteiger partial charge >= 0.3 is 0 Å². The average Bonchev–Trinajstić information content (AvgIpc) is 3.21. The van der Waals surface area contributed by atoms with E-state index in [2.05, 4.69) is 20.8 Å². The molecule has 0 aliphatic rings. The van der Waals surface area contributed by atoms with Gasteiger partial charge in [0.2, 0.25) is 5.91 Å². The van der Waals surface area contributed by atoms with Gasteiger partial charge in [-0.05, 0) is 49.6 Å². The highest BCUT2D eigenvalue weighted by Crippen LogP contribution is 2.26. The Kier molecular flexibility index (Phi) is 8.52. The third-order valence-electron chi connectivity index (χ3n) is 5.12. The van der Waals surface area contributed by atoms with Gasteiger partial charge in [0.25, 0.3) is 5.91 Å². The van der Waals surface area contributed by atoms with Crippen LogP contribution in [0.2, 0.25) is 5.02 Å². The van der Waals surface area contributed by atoms with Crippen molar-refractivity contribution in [3.8, 4) is 0 Å². The Labute approximate surface area is 203 Å². The fourth-order valence-electron chi connectivity index (χ4n) is 3.28. The van der Waals surface area contributed by atoms with Gasteiger partial charge in [0.1, 0.15) is 0 Å². The fourth-order valence-corrected chi connectivity index (χ4v) is 4.27. The van der Waals surface area contributed by atoms with Crippen molar-refractivity contribution in [2.75, 3.05) is 11.1 Å². The van der Waals surface area contributed by atoms with Gasteiger partial charge in [-0.2, -0.15) is 0 Å².